The second-order valence-electron chi connectivity index (χ2n) is 7.38. The zero-order chi connectivity index (χ0) is 23.6. The summed E-state index contributed by atoms with van der Waals surface area (Å²) >= 11 is 0. The van der Waals surface area contributed by atoms with Crippen LogP contribution in [0.1, 0.15) is 29.3 Å². The van der Waals surface area contributed by atoms with Crippen LogP contribution in [0.25, 0.3) is 11.1 Å². The van der Waals surface area contributed by atoms with Crippen molar-refractivity contribution >= 4 is 17.7 Å². The molecule has 0 heterocycles. The van der Waals surface area contributed by atoms with Gasteiger partial charge in [-0.3, -0.25) is 15.0 Å². The van der Waals surface area contributed by atoms with Crippen LogP contribution in [0.3, 0.4) is 0 Å². The van der Waals surface area contributed by atoms with Crippen LogP contribution >= 0.6 is 0 Å². The zero-order valence-corrected chi connectivity index (χ0v) is 18.4. The van der Waals surface area contributed by atoms with Gasteiger partial charge in [0.25, 0.3) is 5.91 Å². The minimum Gasteiger partial charge on any atom is -0.491 e. The summed E-state index contributed by atoms with van der Waals surface area (Å²) in [7, 11) is 0. The van der Waals surface area contributed by atoms with Gasteiger partial charge in [-0.25, -0.2) is 0 Å². The summed E-state index contributed by atoms with van der Waals surface area (Å²) in [5.74, 6) is -0.331. The summed E-state index contributed by atoms with van der Waals surface area (Å²) in [5, 5.41) is 10.4. The van der Waals surface area contributed by atoms with Crippen molar-refractivity contribution in [3.63, 3.8) is 0 Å². The molecule has 0 bridgehead atoms. The Morgan fingerprint density at radius 2 is 1.64 bits per heavy atom. The van der Waals surface area contributed by atoms with E-state index in [0.717, 1.165) is 11.1 Å². The van der Waals surface area contributed by atoms with Crippen molar-refractivity contribution in [2.24, 2.45) is 5.73 Å². The molecule has 0 aliphatic carbocycles. The van der Waals surface area contributed by atoms with E-state index >= 15 is 0 Å². The predicted molar refractivity (Wildman–Crippen MR) is 127 cm³/mol. The number of amidine groups is 1. The fraction of sp³-hybridized carbons (Fsp3) is 0.192. The topological polar surface area (TPSA) is 114 Å². The number of benzene rings is 3. The van der Waals surface area contributed by atoms with Gasteiger partial charge >= 0.3 is 5.97 Å². The van der Waals surface area contributed by atoms with Gasteiger partial charge in [0, 0.05) is 11.1 Å². The van der Waals surface area contributed by atoms with Crippen LogP contribution < -0.4 is 15.8 Å². The molecule has 3 aromatic carbocycles. The number of rotatable bonds is 10. The van der Waals surface area contributed by atoms with Crippen LogP contribution in [0.5, 0.6) is 5.75 Å². The van der Waals surface area contributed by atoms with Crippen molar-refractivity contribution in [3.05, 3.63) is 90.0 Å². The highest BCUT2D eigenvalue weighted by molar-refractivity contribution is 5.95. The number of hydrogen-bond donors (Lipinski definition) is 3. The van der Waals surface area contributed by atoms with Crippen molar-refractivity contribution in [2.75, 3.05) is 13.2 Å². The largest absolute Gasteiger partial charge is 0.491 e. The molecule has 1 amide bonds. The highest BCUT2D eigenvalue weighted by atomic mass is 16.5. The van der Waals surface area contributed by atoms with Crippen molar-refractivity contribution in [1.82, 2.24) is 5.32 Å². The molecular formula is C26H27N3O4. The Hall–Kier alpha value is -4.13. The Morgan fingerprint density at radius 3 is 2.30 bits per heavy atom. The van der Waals surface area contributed by atoms with Crippen molar-refractivity contribution in [2.45, 2.75) is 19.4 Å². The summed E-state index contributed by atoms with van der Waals surface area (Å²) in [4.78, 5) is 24.9. The first kappa shape index (κ1) is 23.5. The Bertz CT molecular complexity index is 1100. The molecule has 0 saturated heterocycles. The van der Waals surface area contributed by atoms with E-state index in [1.54, 1.807) is 43.3 Å². The van der Waals surface area contributed by atoms with Crippen molar-refractivity contribution in [3.8, 4) is 16.9 Å². The molecule has 0 radical (unpaired) electrons. The minimum absolute atomic E-state index is 0.0337. The van der Waals surface area contributed by atoms with Gasteiger partial charge in [-0.1, -0.05) is 54.6 Å². The van der Waals surface area contributed by atoms with Gasteiger partial charge in [0.15, 0.2) is 0 Å². The molecule has 0 aromatic heterocycles. The molecule has 0 aliphatic rings. The number of nitrogens with one attached hydrogen (secondary N) is 2. The van der Waals surface area contributed by atoms with Gasteiger partial charge in [-0.2, -0.15) is 0 Å². The van der Waals surface area contributed by atoms with Gasteiger partial charge in [0.1, 0.15) is 18.2 Å². The van der Waals surface area contributed by atoms with E-state index in [9.17, 15) is 9.59 Å². The number of amides is 1. The standard InChI is InChI=1S/C26H27N3O4/c1-2-32-24(30)16-22(17-33-23-10-6-9-21(15-23)25(27)28)29-26(31)20-13-11-19(12-14-20)18-7-4-3-5-8-18/h3-15,22H,2,16-17H2,1H3,(H3,27,28)(H,29,31)/t22-/m1/s1. The predicted octanol–water partition coefficient (Wildman–Crippen LogP) is 3.77. The van der Waals surface area contributed by atoms with E-state index in [2.05, 4.69) is 5.32 Å². The quantitative estimate of drug-likeness (QED) is 0.250. The lowest BCUT2D eigenvalue weighted by Gasteiger charge is -2.19. The fourth-order valence-electron chi connectivity index (χ4n) is 3.24. The number of nitrogens with two attached hydrogens (primary N) is 1. The van der Waals surface area contributed by atoms with E-state index in [4.69, 9.17) is 20.6 Å². The number of carbonyl (C=O) groups is 2. The van der Waals surface area contributed by atoms with Crippen molar-refractivity contribution < 1.29 is 19.1 Å². The first-order valence-corrected chi connectivity index (χ1v) is 10.7. The summed E-state index contributed by atoms with van der Waals surface area (Å²) in [6.07, 6.45) is -0.0337. The molecule has 3 aromatic rings. The van der Waals surface area contributed by atoms with E-state index in [0.29, 0.717) is 16.9 Å². The minimum atomic E-state index is -0.605. The second kappa shape index (κ2) is 11.5. The third-order valence-corrected chi connectivity index (χ3v) is 4.90. The van der Waals surface area contributed by atoms with Crippen molar-refractivity contribution in [1.29, 1.82) is 5.41 Å². The van der Waals surface area contributed by atoms with Crippen LogP contribution in [0.2, 0.25) is 0 Å². The molecule has 3 rings (SSSR count). The molecule has 7 heteroatoms. The Morgan fingerprint density at radius 1 is 0.939 bits per heavy atom. The Labute approximate surface area is 193 Å². The normalized spacial score (nSPS) is 11.3. The molecule has 0 spiro atoms. The first-order valence-electron chi connectivity index (χ1n) is 10.7. The van der Waals surface area contributed by atoms with E-state index in [1.807, 2.05) is 42.5 Å². The molecule has 1 atom stereocenters. The Kier molecular flexibility index (Phi) is 8.18. The molecule has 0 unspecified atom stereocenters. The number of esters is 1. The van der Waals surface area contributed by atoms with Crippen LogP contribution in [0.4, 0.5) is 0 Å². The SMILES string of the molecule is CCOC(=O)C[C@H](COc1cccc(C(=N)N)c1)NC(=O)c1ccc(-c2ccccc2)cc1. The van der Waals surface area contributed by atoms with E-state index in [-0.39, 0.29) is 31.4 Å². The van der Waals surface area contributed by atoms with E-state index in [1.165, 1.54) is 0 Å². The number of nitrogen functional groups attached to an aromatic ring is 1. The third-order valence-electron chi connectivity index (χ3n) is 4.90. The lowest BCUT2D eigenvalue weighted by molar-refractivity contribution is -0.143. The lowest BCUT2D eigenvalue weighted by atomic mass is 10.0. The molecule has 0 fully saturated rings. The average molecular weight is 446 g/mol. The molecule has 0 aliphatic heterocycles. The van der Waals surface area contributed by atoms with Crippen LogP contribution in [-0.2, 0) is 9.53 Å². The van der Waals surface area contributed by atoms with Gasteiger partial charge in [0.05, 0.1) is 19.1 Å². The van der Waals surface area contributed by atoms with Crippen LogP contribution in [0.15, 0.2) is 78.9 Å². The fourth-order valence-corrected chi connectivity index (χ4v) is 3.24. The lowest BCUT2D eigenvalue weighted by Crippen LogP contribution is -2.41. The summed E-state index contributed by atoms with van der Waals surface area (Å²) < 4.78 is 10.8. The molecule has 4 N–H and O–H groups in total. The van der Waals surface area contributed by atoms with Crippen LogP contribution in [-0.4, -0.2) is 37.0 Å². The number of hydrogen-bond acceptors (Lipinski definition) is 5. The van der Waals surface area contributed by atoms with Gasteiger partial charge in [-0.15, -0.1) is 0 Å². The smallest absolute Gasteiger partial charge is 0.307 e. The molecule has 170 valence electrons. The van der Waals surface area contributed by atoms with Crippen LogP contribution in [0, 0.1) is 5.41 Å². The summed E-state index contributed by atoms with van der Waals surface area (Å²) in [5.41, 5.74) is 8.59. The average Bonchev–Trinajstić information content (AvgIpc) is 2.83. The maximum atomic E-state index is 12.8. The molecule has 7 nitrogen and oxygen atoms in total. The summed E-state index contributed by atoms with van der Waals surface area (Å²) in [6, 6.07) is 23.3. The highest BCUT2D eigenvalue weighted by Crippen LogP contribution is 2.19. The molecular weight excluding hydrogens is 418 g/mol. The van der Waals surface area contributed by atoms with E-state index < -0.39 is 12.0 Å². The zero-order valence-electron chi connectivity index (χ0n) is 18.4. The number of carbonyl (C=O) groups excluding carboxylic acids is 2. The summed E-state index contributed by atoms with van der Waals surface area (Å²) in [6.45, 7) is 2.03. The first-order chi connectivity index (χ1) is 16.0. The molecule has 33 heavy (non-hydrogen) atoms. The number of ether oxygens (including phenoxy) is 2. The van der Waals surface area contributed by atoms with Gasteiger partial charge in [0.2, 0.25) is 0 Å². The highest BCUT2D eigenvalue weighted by Gasteiger charge is 2.19. The second-order valence-corrected chi connectivity index (χ2v) is 7.38. The van der Waals surface area contributed by atoms with Gasteiger partial charge < -0.3 is 20.5 Å². The monoisotopic (exact) mass is 445 g/mol. The third kappa shape index (κ3) is 6.93. The Balaban J connectivity index is 1.68. The molecule has 0 saturated carbocycles. The maximum absolute atomic E-state index is 12.8. The maximum Gasteiger partial charge on any atom is 0.307 e. The van der Waals surface area contributed by atoms with Gasteiger partial charge in [-0.05, 0) is 42.3 Å².